The highest BCUT2D eigenvalue weighted by molar-refractivity contribution is 9.10. The Balaban J connectivity index is 2.06. The Morgan fingerprint density at radius 3 is 2.44 bits per heavy atom. The van der Waals surface area contributed by atoms with Crippen molar-refractivity contribution in [3.8, 4) is 0 Å². The second-order valence-electron chi connectivity index (χ2n) is 4.83. The molecule has 1 aromatic rings. The van der Waals surface area contributed by atoms with Crippen LogP contribution in [0.25, 0.3) is 0 Å². The normalized spacial score (nSPS) is 17.2. The van der Waals surface area contributed by atoms with Gasteiger partial charge in [0.1, 0.15) is 0 Å². The van der Waals surface area contributed by atoms with Gasteiger partial charge in [-0.1, -0.05) is 25.7 Å². The minimum absolute atomic E-state index is 0.313. The Labute approximate surface area is 116 Å². The zero-order chi connectivity index (χ0) is 13.0. The third-order valence-electron chi connectivity index (χ3n) is 3.43. The van der Waals surface area contributed by atoms with Crippen LogP contribution in [0, 0.1) is 0 Å². The molecule has 0 aliphatic heterocycles. The topological polar surface area (TPSA) is 49.3 Å². The maximum Gasteiger partial charge on any atom is 0.335 e. The number of anilines is 1. The molecule has 0 saturated heterocycles. The Bertz CT molecular complexity index is 426. The van der Waals surface area contributed by atoms with Gasteiger partial charge in [-0.25, -0.2) is 4.79 Å². The van der Waals surface area contributed by atoms with Crippen molar-refractivity contribution in [1.82, 2.24) is 0 Å². The first-order chi connectivity index (χ1) is 8.66. The second kappa shape index (κ2) is 6.23. The van der Waals surface area contributed by atoms with Crippen molar-refractivity contribution in [1.29, 1.82) is 0 Å². The molecule has 1 saturated carbocycles. The number of benzene rings is 1. The summed E-state index contributed by atoms with van der Waals surface area (Å²) in [6.07, 6.45) is 7.62. The van der Waals surface area contributed by atoms with Crippen molar-refractivity contribution >= 4 is 27.6 Å². The number of aromatic carboxylic acids is 1. The summed E-state index contributed by atoms with van der Waals surface area (Å²) in [5.41, 5.74) is 1.31. The summed E-state index contributed by atoms with van der Waals surface area (Å²) in [5, 5.41) is 12.4. The van der Waals surface area contributed by atoms with Crippen LogP contribution in [0.3, 0.4) is 0 Å². The van der Waals surface area contributed by atoms with E-state index in [9.17, 15) is 4.79 Å². The highest BCUT2D eigenvalue weighted by Gasteiger charge is 2.14. The molecule has 0 amide bonds. The first-order valence-corrected chi connectivity index (χ1v) is 7.25. The quantitative estimate of drug-likeness (QED) is 0.819. The summed E-state index contributed by atoms with van der Waals surface area (Å²) < 4.78 is 0.826. The van der Waals surface area contributed by atoms with Gasteiger partial charge in [0.25, 0.3) is 0 Å². The van der Waals surface area contributed by atoms with Crippen molar-refractivity contribution in [3.63, 3.8) is 0 Å². The van der Waals surface area contributed by atoms with Crippen LogP contribution in [-0.2, 0) is 0 Å². The van der Waals surface area contributed by atoms with Crippen LogP contribution in [0.15, 0.2) is 22.7 Å². The van der Waals surface area contributed by atoms with Crippen LogP contribution < -0.4 is 5.32 Å². The third kappa shape index (κ3) is 3.48. The summed E-state index contributed by atoms with van der Waals surface area (Å²) >= 11 is 3.44. The maximum atomic E-state index is 10.9. The van der Waals surface area contributed by atoms with Gasteiger partial charge in [0.05, 0.1) is 5.56 Å². The fraction of sp³-hybridized carbons (Fsp3) is 0.500. The number of carbonyl (C=O) groups is 1. The minimum Gasteiger partial charge on any atom is -0.478 e. The van der Waals surface area contributed by atoms with Crippen molar-refractivity contribution < 1.29 is 9.90 Å². The first-order valence-electron chi connectivity index (χ1n) is 6.46. The number of halogens is 1. The molecule has 2 N–H and O–H groups in total. The van der Waals surface area contributed by atoms with Crippen molar-refractivity contribution in [2.24, 2.45) is 0 Å². The summed E-state index contributed by atoms with van der Waals surface area (Å²) in [4.78, 5) is 10.9. The molecule has 98 valence electrons. The largest absolute Gasteiger partial charge is 0.478 e. The lowest BCUT2D eigenvalue weighted by molar-refractivity contribution is 0.0697. The van der Waals surface area contributed by atoms with Gasteiger partial charge in [-0.15, -0.1) is 0 Å². The fourth-order valence-corrected chi connectivity index (χ4v) is 2.90. The van der Waals surface area contributed by atoms with E-state index in [1.54, 1.807) is 12.1 Å². The van der Waals surface area contributed by atoms with Gasteiger partial charge in [0, 0.05) is 16.2 Å². The molecule has 0 bridgehead atoms. The number of nitrogens with one attached hydrogen (secondary N) is 1. The molecular formula is C14H18BrNO2. The van der Waals surface area contributed by atoms with E-state index in [0.29, 0.717) is 11.6 Å². The summed E-state index contributed by atoms with van der Waals surface area (Å²) in [6, 6.07) is 5.66. The molecular weight excluding hydrogens is 294 g/mol. The molecule has 4 heteroatoms. The Kier molecular flexibility index (Phi) is 4.64. The molecule has 0 aromatic heterocycles. The van der Waals surface area contributed by atoms with E-state index >= 15 is 0 Å². The molecule has 2 rings (SSSR count). The van der Waals surface area contributed by atoms with Crippen molar-refractivity contribution in [2.45, 2.75) is 44.6 Å². The van der Waals surface area contributed by atoms with Gasteiger partial charge in [0.2, 0.25) is 0 Å². The lowest BCUT2D eigenvalue weighted by Crippen LogP contribution is -2.18. The van der Waals surface area contributed by atoms with E-state index in [1.807, 2.05) is 6.07 Å². The average molecular weight is 312 g/mol. The van der Waals surface area contributed by atoms with Gasteiger partial charge < -0.3 is 10.4 Å². The fourth-order valence-electron chi connectivity index (χ4n) is 2.41. The highest BCUT2D eigenvalue weighted by Crippen LogP contribution is 2.27. The Hall–Kier alpha value is -1.03. The zero-order valence-corrected chi connectivity index (χ0v) is 11.9. The number of carboxylic acids is 1. The first kappa shape index (κ1) is 13.4. The van der Waals surface area contributed by atoms with Crippen LogP contribution in [-0.4, -0.2) is 17.1 Å². The zero-order valence-electron chi connectivity index (χ0n) is 10.3. The maximum absolute atomic E-state index is 10.9. The predicted octanol–water partition coefficient (Wildman–Crippen LogP) is 4.28. The molecule has 1 aliphatic carbocycles. The molecule has 0 spiro atoms. The minimum atomic E-state index is -0.892. The highest BCUT2D eigenvalue weighted by atomic mass is 79.9. The van der Waals surface area contributed by atoms with Crippen molar-refractivity contribution in [2.75, 3.05) is 5.32 Å². The summed E-state index contributed by atoms with van der Waals surface area (Å²) in [6.45, 7) is 0. The Morgan fingerprint density at radius 1 is 1.22 bits per heavy atom. The molecule has 18 heavy (non-hydrogen) atoms. The standard InChI is InChI=1S/C14H18BrNO2/c15-12-9-10(14(17)18)7-8-13(12)16-11-5-3-1-2-4-6-11/h7-9,11,16H,1-6H2,(H,17,18). The molecule has 1 aromatic carbocycles. The van der Waals surface area contributed by atoms with E-state index in [-0.39, 0.29) is 0 Å². The smallest absolute Gasteiger partial charge is 0.335 e. The molecule has 1 aliphatic rings. The van der Waals surface area contributed by atoms with E-state index in [4.69, 9.17) is 5.11 Å². The molecule has 3 nitrogen and oxygen atoms in total. The third-order valence-corrected chi connectivity index (χ3v) is 4.09. The number of hydrogen-bond donors (Lipinski definition) is 2. The van der Waals surface area contributed by atoms with Crippen LogP contribution in [0.2, 0.25) is 0 Å². The van der Waals surface area contributed by atoms with Gasteiger partial charge in [0.15, 0.2) is 0 Å². The lowest BCUT2D eigenvalue weighted by Gasteiger charge is -2.18. The van der Waals surface area contributed by atoms with Gasteiger partial charge in [-0.3, -0.25) is 0 Å². The number of hydrogen-bond acceptors (Lipinski definition) is 2. The Morgan fingerprint density at radius 2 is 1.89 bits per heavy atom. The van der Waals surface area contributed by atoms with Crippen LogP contribution in [0.5, 0.6) is 0 Å². The molecule has 0 radical (unpaired) electrons. The number of carboxylic acid groups (broad SMARTS) is 1. The van der Waals surface area contributed by atoms with Crippen LogP contribution >= 0.6 is 15.9 Å². The van der Waals surface area contributed by atoms with Crippen molar-refractivity contribution in [3.05, 3.63) is 28.2 Å². The van der Waals surface area contributed by atoms with E-state index in [2.05, 4.69) is 21.2 Å². The molecule has 1 fully saturated rings. The summed E-state index contributed by atoms with van der Waals surface area (Å²) in [5.74, 6) is -0.892. The van der Waals surface area contributed by atoms with E-state index in [0.717, 1.165) is 10.2 Å². The van der Waals surface area contributed by atoms with E-state index < -0.39 is 5.97 Å². The summed E-state index contributed by atoms with van der Waals surface area (Å²) in [7, 11) is 0. The van der Waals surface area contributed by atoms with Gasteiger partial charge in [-0.2, -0.15) is 0 Å². The second-order valence-corrected chi connectivity index (χ2v) is 5.69. The van der Waals surface area contributed by atoms with Gasteiger partial charge in [-0.05, 0) is 47.0 Å². The molecule has 0 unspecified atom stereocenters. The van der Waals surface area contributed by atoms with E-state index in [1.165, 1.54) is 38.5 Å². The molecule has 0 atom stereocenters. The van der Waals surface area contributed by atoms with Gasteiger partial charge >= 0.3 is 5.97 Å². The predicted molar refractivity (Wildman–Crippen MR) is 76.2 cm³/mol. The molecule has 0 heterocycles. The monoisotopic (exact) mass is 311 g/mol. The lowest BCUT2D eigenvalue weighted by atomic mass is 10.1. The van der Waals surface area contributed by atoms with Crippen LogP contribution in [0.4, 0.5) is 5.69 Å². The number of rotatable bonds is 3. The SMILES string of the molecule is O=C(O)c1ccc(NC2CCCCCC2)c(Br)c1. The average Bonchev–Trinajstić information content (AvgIpc) is 2.60. The van der Waals surface area contributed by atoms with Crippen LogP contribution in [0.1, 0.15) is 48.9 Å².